The van der Waals surface area contributed by atoms with Gasteiger partial charge in [0.15, 0.2) is 0 Å². The van der Waals surface area contributed by atoms with Crippen molar-refractivity contribution in [2.45, 2.75) is 71.7 Å². The van der Waals surface area contributed by atoms with E-state index in [-0.39, 0.29) is 17.9 Å². The first-order valence-electron chi connectivity index (χ1n) is 12.0. The molecule has 0 unspecified atom stereocenters. The van der Waals surface area contributed by atoms with E-state index in [1.807, 2.05) is 81.4 Å². The second-order valence-electron chi connectivity index (χ2n) is 9.78. The number of carbonyl (C=O) groups is 2. The van der Waals surface area contributed by atoms with E-state index in [0.717, 1.165) is 17.5 Å². The van der Waals surface area contributed by atoms with Gasteiger partial charge < -0.3 is 14.8 Å². The number of amides is 1. The fourth-order valence-electron chi connectivity index (χ4n) is 3.82. The van der Waals surface area contributed by atoms with Crippen molar-refractivity contribution in [1.82, 2.24) is 10.2 Å². The van der Waals surface area contributed by atoms with E-state index in [1.54, 1.807) is 0 Å². The van der Waals surface area contributed by atoms with Gasteiger partial charge in [-0.15, -0.1) is 0 Å². The molecule has 1 amide bonds. The number of benzene rings is 2. The summed E-state index contributed by atoms with van der Waals surface area (Å²) in [6, 6.07) is 19.3. The summed E-state index contributed by atoms with van der Waals surface area (Å²) in [7, 11) is 1.42. The smallest absolute Gasteiger partial charge is 0.407 e. The van der Waals surface area contributed by atoms with Crippen LogP contribution < -0.4 is 5.32 Å². The van der Waals surface area contributed by atoms with Gasteiger partial charge in [0, 0.05) is 19.1 Å². The zero-order valence-electron chi connectivity index (χ0n) is 21.4. The summed E-state index contributed by atoms with van der Waals surface area (Å²) in [6.45, 7) is 10.8. The molecule has 2 aromatic carbocycles. The van der Waals surface area contributed by atoms with Crippen molar-refractivity contribution in [2.24, 2.45) is 5.92 Å². The lowest BCUT2D eigenvalue weighted by molar-refractivity contribution is -0.147. The van der Waals surface area contributed by atoms with Crippen LogP contribution in [0.15, 0.2) is 60.7 Å². The van der Waals surface area contributed by atoms with Crippen LogP contribution in [0.1, 0.15) is 52.2 Å². The molecule has 0 aromatic heterocycles. The Morgan fingerprint density at radius 1 is 0.971 bits per heavy atom. The molecule has 0 aliphatic heterocycles. The molecule has 34 heavy (non-hydrogen) atoms. The summed E-state index contributed by atoms with van der Waals surface area (Å²) in [5.74, 6) is -0.110. The third-order valence-electron chi connectivity index (χ3n) is 5.88. The Kier molecular flexibility index (Phi) is 10.6. The second-order valence-corrected chi connectivity index (χ2v) is 9.78. The maximum Gasteiger partial charge on any atom is 0.407 e. The first-order valence-corrected chi connectivity index (χ1v) is 12.0. The number of rotatable bonds is 11. The predicted molar refractivity (Wildman–Crippen MR) is 135 cm³/mol. The third-order valence-corrected chi connectivity index (χ3v) is 5.88. The Labute approximate surface area is 204 Å². The van der Waals surface area contributed by atoms with Gasteiger partial charge in [0.05, 0.1) is 7.11 Å². The van der Waals surface area contributed by atoms with Crippen LogP contribution in [0.2, 0.25) is 0 Å². The van der Waals surface area contributed by atoms with E-state index in [2.05, 4.69) is 24.1 Å². The molecule has 186 valence electrons. The van der Waals surface area contributed by atoms with E-state index in [4.69, 9.17) is 9.47 Å². The molecule has 0 aliphatic rings. The summed E-state index contributed by atoms with van der Waals surface area (Å²) in [4.78, 5) is 27.8. The third kappa shape index (κ3) is 9.18. The molecule has 0 fully saturated rings. The highest BCUT2D eigenvalue weighted by Gasteiger charge is 2.32. The van der Waals surface area contributed by atoms with Gasteiger partial charge >= 0.3 is 12.1 Å². The average Bonchev–Trinajstić information content (AvgIpc) is 2.80. The summed E-state index contributed by atoms with van der Waals surface area (Å²) >= 11 is 0. The van der Waals surface area contributed by atoms with Crippen LogP contribution in [0.4, 0.5) is 4.79 Å². The molecule has 0 radical (unpaired) electrons. The number of carbonyl (C=O) groups excluding carboxylic acids is 2. The van der Waals surface area contributed by atoms with Gasteiger partial charge in [0.2, 0.25) is 0 Å². The zero-order valence-corrected chi connectivity index (χ0v) is 21.4. The van der Waals surface area contributed by atoms with Gasteiger partial charge in [-0.1, -0.05) is 80.9 Å². The van der Waals surface area contributed by atoms with Crippen molar-refractivity contribution in [3.05, 3.63) is 71.8 Å². The van der Waals surface area contributed by atoms with Crippen LogP contribution in [0.3, 0.4) is 0 Å². The van der Waals surface area contributed by atoms with Gasteiger partial charge in [-0.25, -0.2) is 4.79 Å². The highest BCUT2D eigenvalue weighted by molar-refractivity contribution is 5.76. The van der Waals surface area contributed by atoms with E-state index in [1.165, 1.54) is 7.11 Å². The lowest BCUT2D eigenvalue weighted by Crippen LogP contribution is -2.53. The van der Waals surface area contributed by atoms with Crippen molar-refractivity contribution < 1.29 is 19.1 Å². The Balaban J connectivity index is 2.36. The maximum atomic E-state index is 13.0. The lowest BCUT2D eigenvalue weighted by Gasteiger charge is -2.35. The molecule has 6 heteroatoms. The van der Waals surface area contributed by atoms with Gasteiger partial charge in [-0.2, -0.15) is 0 Å². The van der Waals surface area contributed by atoms with Crippen LogP contribution >= 0.6 is 0 Å². The Bertz CT molecular complexity index is 880. The molecule has 6 nitrogen and oxygen atoms in total. The SMILES string of the molecule is CC[C@H](C)[C@@H](CN(Cc1ccccc1)[C@@H](Cc1ccccc1)C(=O)OC)NC(=O)OC(C)(C)C. The molecule has 0 spiro atoms. The van der Waals surface area contributed by atoms with Crippen LogP contribution in [0.25, 0.3) is 0 Å². The molecular formula is C28H40N2O4. The summed E-state index contributed by atoms with van der Waals surface area (Å²) in [6.07, 6.45) is 0.941. The van der Waals surface area contributed by atoms with E-state index in [9.17, 15) is 9.59 Å². The highest BCUT2D eigenvalue weighted by atomic mass is 16.6. The minimum absolute atomic E-state index is 0.181. The molecule has 1 N–H and O–H groups in total. The normalized spacial score (nSPS) is 14.2. The summed E-state index contributed by atoms with van der Waals surface area (Å²) in [5.41, 5.74) is 1.55. The van der Waals surface area contributed by atoms with Gasteiger partial charge in [-0.3, -0.25) is 9.69 Å². The molecule has 2 rings (SSSR count). The Morgan fingerprint density at radius 3 is 2.03 bits per heavy atom. The van der Waals surface area contributed by atoms with Crippen molar-refractivity contribution in [2.75, 3.05) is 13.7 Å². The zero-order chi connectivity index (χ0) is 25.1. The van der Waals surface area contributed by atoms with Crippen LogP contribution in [-0.4, -0.2) is 48.3 Å². The summed E-state index contributed by atoms with van der Waals surface area (Å²) in [5, 5.41) is 3.06. The largest absolute Gasteiger partial charge is 0.468 e. The van der Waals surface area contributed by atoms with Crippen molar-refractivity contribution in [1.29, 1.82) is 0 Å². The molecular weight excluding hydrogens is 428 g/mol. The molecule has 0 saturated carbocycles. The number of nitrogens with zero attached hydrogens (tertiary/aromatic N) is 1. The number of esters is 1. The highest BCUT2D eigenvalue weighted by Crippen LogP contribution is 2.19. The minimum atomic E-state index is -0.588. The number of hydrogen-bond acceptors (Lipinski definition) is 5. The average molecular weight is 469 g/mol. The topological polar surface area (TPSA) is 67.9 Å². The van der Waals surface area contributed by atoms with E-state index >= 15 is 0 Å². The van der Waals surface area contributed by atoms with Crippen molar-refractivity contribution in [3.8, 4) is 0 Å². The quantitative estimate of drug-likeness (QED) is 0.459. The first kappa shape index (κ1) is 27.4. The molecule has 0 heterocycles. The number of alkyl carbamates (subject to hydrolysis) is 1. The number of methoxy groups -OCH3 is 1. The Morgan fingerprint density at radius 2 is 1.53 bits per heavy atom. The molecule has 0 aliphatic carbocycles. The van der Waals surface area contributed by atoms with Crippen molar-refractivity contribution in [3.63, 3.8) is 0 Å². The molecule has 3 atom stereocenters. The fraction of sp³-hybridized carbons (Fsp3) is 0.500. The first-order chi connectivity index (χ1) is 16.1. The monoisotopic (exact) mass is 468 g/mol. The van der Waals surface area contributed by atoms with E-state index < -0.39 is 17.7 Å². The molecule has 0 saturated heterocycles. The second kappa shape index (κ2) is 13.1. The number of nitrogens with one attached hydrogen (secondary N) is 1. The van der Waals surface area contributed by atoms with Gasteiger partial charge in [0.25, 0.3) is 0 Å². The maximum absolute atomic E-state index is 13.0. The molecule has 2 aromatic rings. The predicted octanol–water partition coefficient (Wildman–Crippen LogP) is 5.21. The van der Waals surface area contributed by atoms with Crippen LogP contribution in [-0.2, 0) is 27.2 Å². The van der Waals surface area contributed by atoms with Crippen molar-refractivity contribution >= 4 is 12.1 Å². The number of ether oxygens (including phenoxy) is 2. The lowest BCUT2D eigenvalue weighted by atomic mass is 9.96. The van der Waals surface area contributed by atoms with Gasteiger partial charge in [0.1, 0.15) is 11.6 Å². The van der Waals surface area contributed by atoms with Crippen LogP contribution in [0.5, 0.6) is 0 Å². The van der Waals surface area contributed by atoms with Gasteiger partial charge in [-0.05, 0) is 44.2 Å². The Hall–Kier alpha value is -2.86. The summed E-state index contributed by atoms with van der Waals surface area (Å²) < 4.78 is 10.8. The minimum Gasteiger partial charge on any atom is -0.468 e. The molecule has 0 bridgehead atoms. The van der Waals surface area contributed by atoms with Crippen LogP contribution in [0, 0.1) is 5.92 Å². The number of hydrogen-bond donors (Lipinski definition) is 1. The van der Waals surface area contributed by atoms with E-state index in [0.29, 0.717) is 19.5 Å². The standard InChI is InChI=1S/C28H40N2O4/c1-7-21(2)24(29-27(32)34-28(3,4)5)20-30(19-23-16-12-9-13-17-23)25(26(31)33-6)18-22-14-10-8-11-15-22/h8-17,21,24-25H,7,18-20H2,1-6H3,(H,29,32)/t21-,24+,25-/m0/s1. The fourth-order valence-corrected chi connectivity index (χ4v) is 3.82.